The summed E-state index contributed by atoms with van der Waals surface area (Å²) in [6.07, 6.45) is -0.114. The Morgan fingerprint density at radius 2 is 2.03 bits per heavy atom. The maximum Gasteiger partial charge on any atom is 0.240 e. The average Bonchev–Trinajstić information content (AvgIpc) is 3.02. The van der Waals surface area contributed by atoms with Gasteiger partial charge in [0.05, 0.1) is 23.7 Å². The van der Waals surface area contributed by atoms with E-state index in [1.807, 2.05) is 6.92 Å². The lowest BCUT2D eigenvalue weighted by Crippen LogP contribution is -2.28. The van der Waals surface area contributed by atoms with Crippen molar-refractivity contribution < 1.29 is 19.5 Å². The van der Waals surface area contributed by atoms with Gasteiger partial charge in [-0.2, -0.15) is 0 Å². The van der Waals surface area contributed by atoms with Crippen molar-refractivity contribution in [3.63, 3.8) is 0 Å². The first kappa shape index (κ1) is 20.6. The van der Waals surface area contributed by atoms with E-state index in [1.165, 1.54) is 12.1 Å². The van der Waals surface area contributed by atoms with E-state index >= 15 is 0 Å². The SMILES string of the molecule is CCOc1ccc(N=C2NC(=O)C(CC(=O)Nc3ccccc3N([O-])O)S2)cc1. The molecule has 0 bridgehead atoms. The molecule has 0 aromatic heterocycles. The highest BCUT2D eigenvalue weighted by Crippen LogP contribution is 2.28. The Morgan fingerprint density at radius 1 is 1.31 bits per heavy atom. The summed E-state index contributed by atoms with van der Waals surface area (Å²) in [7, 11) is 0. The van der Waals surface area contributed by atoms with Gasteiger partial charge in [-0.15, -0.1) is 0 Å². The minimum absolute atomic E-state index is 0.0953. The first-order valence-electron chi connectivity index (χ1n) is 8.80. The lowest BCUT2D eigenvalue weighted by atomic mass is 10.2. The molecule has 9 nitrogen and oxygen atoms in total. The summed E-state index contributed by atoms with van der Waals surface area (Å²) in [6, 6.07) is 13.1. The molecule has 1 atom stereocenters. The van der Waals surface area contributed by atoms with Gasteiger partial charge in [0.2, 0.25) is 11.8 Å². The van der Waals surface area contributed by atoms with Crippen LogP contribution in [-0.4, -0.2) is 34.0 Å². The number of anilines is 2. The van der Waals surface area contributed by atoms with Gasteiger partial charge in [-0.05, 0) is 43.3 Å². The van der Waals surface area contributed by atoms with E-state index in [2.05, 4.69) is 15.6 Å². The van der Waals surface area contributed by atoms with E-state index < -0.39 is 11.2 Å². The van der Waals surface area contributed by atoms with Gasteiger partial charge in [-0.1, -0.05) is 23.9 Å². The van der Waals surface area contributed by atoms with Crippen LogP contribution in [0.5, 0.6) is 5.75 Å². The number of ether oxygens (including phenoxy) is 1. The van der Waals surface area contributed by atoms with Gasteiger partial charge in [0.25, 0.3) is 0 Å². The predicted octanol–water partition coefficient (Wildman–Crippen LogP) is 3.03. The van der Waals surface area contributed by atoms with Crippen LogP contribution in [0, 0.1) is 5.21 Å². The van der Waals surface area contributed by atoms with Gasteiger partial charge in [0, 0.05) is 6.42 Å². The average molecular weight is 415 g/mol. The second-order valence-corrected chi connectivity index (χ2v) is 7.17. The zero-order chi connectivity index (χ0) is 20.8. The molecule has 29 heavy (non-hydrogen) atoms. The van der Waals surface area contributed by atoms with Crippen LogP contribution in [0.15, 0.2) is 53.5 Å². The van der Waals surface area contributed by atoms with Gasteiger partial charge < -0.3 is 25.8 Å². The summed E-state index contributed by atoms with van der Waals surface area (Å²) < 4.78 is 5.37. The molecular formula is C19H19N4O5S-. The monoisotopic (exact) mass is 415 g/mol. The first-order valence-corrected chi connectivity index (χ1v) is 9.68. The molecule has 2 aromatic rings. The molecule has 1 aliphatic heterocycles. The van der Waals surface area contributed by atoms with Crippen molar-refractivity contribution in [2.24, 2.45) is 4.99 Å². The molecule has 0 aliphatic carbocycles. The second kappa shape index (κ2) is 9.41. The topological polar surface area (TPSA) is 126 Å². The van der Waals surface area contributed by atoms with E-state index in [9.17, 15) is 14.8 Å². The van der Waals surface area contributed by atoms with E-state index in [1.54, 1.807) is 36.4 Å². The van der Waals surface area contributed by atoms with E-state index in [0.29, 0.717) is 17.5 Å². The van der Waals surface area contributed by atoms with Crippen LogP contribution in [0.4, 0.5) is 17.1 Å². The van der Waals surface area contributed by atoms with E-state index in [0.717, 1.165) is 17.5 Å². The Hall–Kier alpha value is -3.08. The highest BCUT2D eigenvalue weighted by atomic mass is 32.2. The first-order chi connectivity index (χ1) is 14.0. The summed E-state index contributed by atoms with van der Waals surface area (Å²) in [5, 5.41) is 24.9. The molecule has 152 valence electrons. The Balaban J connectivity index is 1.61. The number of amidine groups is 1. The Morgan fingerprint density at radius 3 is 2.72 bits per heavy atom. The summed E-state index contributed by atoms with van der Waals surface area (Å²) in [4.78, 5) is 28.8. The molecule has 0 saturated carbocycles. The van der Waals surface area contributed by atoms with Crippen molar-refractivity contribution in [3.05, 3.63) is 53.7 Å². The van der Waals surface area contributed by atoms with Crippen molar-refractivity contribution >= 4 is 45.8 Å². The highest BCUT2D eigenvalue weighted by molar-refractivity contribution is 8.15. The number of carbonyl (C=O) groups is 2. The third-order valence-corrected chi connectivity index (χ3v) is 4.99. The van der Waals surface area contributed by atoms with Crippen LogP contribution in [0.1, 0.15) is 13.3 Å². The third-order valence-electron chi connectivity index (χ3n) is 3.91. The van der Waals surface area contributed by atoms with Crippen LogP contribution in [0.2, 0.25) is 0 Å². The van der Waals surface area contributed by atoms with Gasteiger partial charge in [0.15, 0.2) is 5.17 Å². The number of thioether (sulfide) groups is 1. The number of nitrogens with zero attached hydrogens (tertiary/aromatic N) is 2. The standard InChI is InChI=1S/C19H19N4O5S/c1-2-28-13-9-7-12(8-10-13)20-19-22-18(25)16(29-19)11-17(24)21-14-5-3-4-6-15(14)23(26)27/h3-10,16,26H,2,11H2,1H3,(H,21,24)(H,20,22,25)/q-1. The molecule has 2 amide bonds. The number of hydrogen-bond donors (Lipinski definition) is 3. The maximum atomic E-state index is 12.3. The maximum absolute atomic E-state index is 12.3. The molecule has 2 aromatic carbocycles. The number of benzene rings is 2. The molecular weight excluding hydrogens is 396 g/mol. The van der Waals surface area contributed by atoms with E-state index in [4.69, 9.17) is 9.94 Å². The summed E-state index contributed by atoms with van der Waals surface area (Å²) in [6.45, 7) is 2.47. The van der Waals surface area contributed by atoms with Crippen LogP contribution >= 0.6 is 11.8 Å². The zero-order valence-corrected chi connectivity index (χ0v) is 16.3. The fraction of sp³-hybridized carbons (Fsp3) is 0.211. The Bertz CT molecular complexity index is 917. The van der Waals surface area contributed by atoms with Gasteiger partial charge in [-0.3, -0.25) is 14.8 Å². The predicted molar refractivity (Wildman–Crippen MR) is 112 cm³/mol. The Kier molecular flexibility index (Phi) is 6.70. The van der Waals surface area contributed by atoms with Crippen LogP contribution in [0.3, 0.4) is 0 Å². The van der Waals surface area contributed by atoms with Crippen LogP contribution in [0.25, 0.3) is 0 Å². The fourth-order valence-corrected chi connectivity index (χ4v) is 3.60. The van der Waals surface area contributed by atoms with Gasteiger partial charge in [-0.25, -0.2) is 4.99 Å². The summed E-state index contributed by atoms with van der Waals surface area (Å²) in [5.74, 6) is -0.0566. The number of rotatable bonds is 7. The molecule has 0 radical (unpaired) electrons. The highest BCUT2D eigenvalue weighted by Gasteiger charge is 2.32. The normalized spacial score (nSPS) is 17.1. The fourth-order valence-electron chi connectivity index (χ4n) is 2.61. The van der Waals surface area contributed by atoms with Crippen molar-refractivity contribution in [1.29, 1.82) is 0 Å². The number of aliphatic imine (C=N–C) groups is 1. The van der Waals surface area contributed by atoms with Crippen molar-refractivity contribution in [3.8, 4) is 5.75 Å². The number of carbonyl (C=O) groups excluding carboxylic acids is 2. The summed E-state index contributed by atoms with van der Waals surface area (Å²) >= 11 is 1.15. The quantitative estimate of drug-likeness (QED) is 0.593. The number of nitrogens with one attached hydrogen (secondary N) is 2. The number of hydrogen-bond acceptors (Lipinski definition) is 8. The largest absolute Gasteiger partial charge is 0.733 e. The molecule has 1 unspecified atom stereocenters. The van der Waals surface area contributed by atoms with Gasteiger partial charge in [0.1, 0.15) is 11.0 Å². The van der Waals surface area contributed by atoms with Crippen molar-refractivity contribution in [2.75, 3.05) is 17.2 Å². The molecule has 1 saturated heterocycles. The Labute approximate surface area is 171 Å². The molecule has 1 fully saturated rings. The van der Waals surface area contributed by atoms with E-state index in [-0.39, 0.29) is 28.9 Å². The lowest BCUT2D eigenvalue weighted by molar-refractivity contribution is -0.122. The molecule has 0 spiro atoms. The minimum atomic E-state index is -0.652. The third kappa shape index (κ3) is 5.47. The summed E-state index contributed by atoms with van der Waals surface area (Å²) in [5.41, 5.74) is 0.706. The molecule has 3 N–H and O–H groups in total. The number of amides is 2. The van der Waals surface area contributed by atoms with Gasteiger partial charge >= 0.3 is 0 Å². The molecule has 3 rings (SSSR count). The molecule has 1 heterocycles. The van der Waals surface area contributed by atoms with Crippen molar-refractivity contribution in [1.82, 2.24) is 5.32 Å². The number of para-hydroxylation sites is 2. The lowest BCUT2D eigenvalue weighted by Gasteiger charge is -2.24. The molecule has 10 heteroatoms. The molecule has 1 aliphatic rings. The van der Waals surface area contributed by atoms with Crippen LogP contribution < -0.4 is 20.6 Å². The second-order valence-electron chi connectivity index (χ2n) is 5.98. The van der Waals surface area contributed by atoms with Crippen LogP contribution in [-0.2, 0) is 9.59 Å². The smallest absolute Gasteiger partial charge is 0.240 e. The minimum Gasteiger partial charge on any atom is -0.733 e. The van der Waals surface area contributed by atoms with Crippen molar-refractivity contribution in [2.45, 2.75) is 18.6 Å². The zero-order valence-electron chi connectivity index (χ0n) is 15.5.